The summed E-state index contributed by atoms with van der Waals surface area (Å²) in [5, 5.41) is 0.313. The molecular weight excluding hydrogens is 262 g/mol. The van der Waals surface area contributed by atoms with Gasteiger partial charge in [-0.3, -0.25) is 0 Å². The van der Waals surface area contributed by atoms with Crippen molar-refractivity contribution in [3.8, 4) is 5.75 Å². The third-order valence-corrected chi connectivity index (χ3v) is 5.02. The number of nitrogens with zero attached hydrogens (tertiary/aromatic N) is 1. The van der Waals surface area contributed by atoms with E-state index < -0.39 is 10.0 Å². The van der Waals surface area contributed by atoms with Crippen molar-refractivity contribution in [2.75, 3.05) is 20.2 Å². The first kappa shape index (κ1) is 12.7. The van der Waals surface area contributed by atoms with E-state index in [-0.39, 0.29) is 4.90 Å². The second kappa shape index (κ2) is 4.84. The molecule has 1 fully saturated rings. The third kappa shape index (κ3) is 2.41. The summed E-state index contributed by atoms with van der Waals surface area (Å²) in [6, 6.07) is 4.54. The van der Waals surface area contributed by atoms with Crippen molar-refractivity contribution < 1.29 is 13.2 Å². The Kier molecular flexibility index (Phi) is 3.61. The summed E-state index contributed by atoms with van der Waals surface area (Å²) < 4.78 is 30.9. The van der Waals surface area contributed by atoms with Gasteiger partial charge in [0.15, 0.2) is 0 Å². The molecule has 1 aliphatic rings. The Hall–Kier alpha value is -0.780. The predicted octanol–water partition coefficient (Wildman–Crippen LogP) is 2.13. The lowest BCUT2D eigenvalue weighted by Crippen LogP contribution is -2.27. The Morgan fingerprint density at radius 2 is 1.94 bits per heavy atom. The fraction of sp³-hybridized carbons (Fsp3) is 0.455. The van der Waals surface area contributed by atoms with Gasteiger partial charge in [0.2, 0.25) is 10.0 Å². The molecule has 1 aromatic rings. The van der Waals surface area contributed by atoms with Gasteiger partial charge < -0.3 is 4.74 Å². The molecule has 0 aromatic heterocycles. The molecule has 94 valence electrons. The Labute approximate surface area is 106 Å². The second-order valence-corrected chi connectivity index (χ2v) is 6.25. The molecule has 0 aliphatic carbocycles. The van der Waals surface area contributed by atoms with Crippen molar-refractivity contribution in [1.29, 1.82) is 0 Å². The van der Waals surface area contributed by atoms with Crippen molar-refractivity contribution in [2.24, 2.45) is 0 Å². The van der Waals surface area contributed by atoms with E-state index in [4.69, 9.17) is 16.3 Å². The second-order valence-electron chi connectivity index (χ2n) is 3.91. The number of rotatable bonds is 3. The maximum absolute atomic E-state index is 12.2. The zero-order chi connectivity index (χ0) is 12.5. The lowest BCUT2D eigenvalue weighted by molar-refractivity contribution is 0.414. The minimum Gasteiger partial charge on any atom is -0.495 e. The van der Waals surface area contributed by atoms with Crippen LogP contribution in [0.1, 0.15) is 12.8 Å². The maximum Gasteiger partial charge on any atom is 0.243 e. The number of ether oxygens (including phenoxy) is 1. The fourth-order valence-electron chi connectivity index (χ4n) is 1.89. The highest BCUT2D eigenvalue weighted by molar-refractivity contribution is 7.89. The topological polar surface area (TPSA) is 46.6 Å². The number of sulfonamides is 1. The van der Waals surface area contributed by atoms with Crippen LogP contribution >= 0.6 is 11.6 Å². The van der Waals surface area contributed by atoms with E-state index >= 15 is 0 Å². The Bertz CT molecular complexity index is 509. The van der Waals surface area contributed by atoms with Crippen LogP contribution < -0.4 is 4.74 Å². The Morgan fingerprint density at radius 1 is 1.29 bits per heavy atom. The minimum absolute atomic E-state index is 0.227. The molecule has 6 heteroatoms. The number of benzene rings is 1. The van der Waals surface area contributed by atoms with Crippen LogP contribution in [0.3, 0.4) is 0 Å². The van der Waals surface area contributed by atoms with Crippen LogP contribution in [0.15, 0.2) is 23.1 Å². The molecule has 0 saturated carbocycles. The summed E-state index contributed by atoms with van der Waals surface area (Å²) in [6.45, 7) is 1.18. The van der Waals surface area contributed by atoms with Crippen LogP contribution in [-0.4, -0.2) is 32.9 Å². The summed E-state index contributed by atoms with van der Waals surface area (Å²) in [4.78, 5) is 0.227. The van der Waals surface area contributed by atoms with E-state index in [0.29, 0.717) is 23.9 Å². The van der Waals surface area contributed by atoms with Gasteiger partial charge in [0.1, 0.15) is 5.75 Å². The smallest absolute Gasteiger partial charge is 0.243 e. The molecule has 0 atom stereocenters. The molecule has 0 amide bonds. The summed E-state index contributed by atoms with van der Waals surface area (Å²) in [7, 11) is -1.90. The van der Waals surface area contributed by atoms with Gasteiger partial charge in [0.25, 0.3) is 0 Å². The molecule has 0 N–H and O–H groups in total. The Morgan fingerprint density at radius 3 is 2.47 bits per heavy atom. The average molecular weight is 276 g/mol. The number of hydrogen-bond acceptors (Lipinski definition) is 3. The van der Waals surface area contributed by atoms with Gasteiger partial charge in [-0.25, -0.2) is 8.42 Å². The first-order chi connectivity index (χ1) is 8.05. The maximum atomic E-state index is 12.2. The van der Waals surface area contributed by atoms with Crippen LogP contribution in [0.2, 0.25) is 5.02 Å². The van der Waals surface area contributed by atoms with Gasteiger partial charge in [-0.15, -0.1) is 0 Å². The molecule has 17 heavy (non-hydrogen) atoms. The van der Waals surface area contributed by atoms with Crippen LogP contribution in [0.4, 0.5) is 0 Å². The van der Waals surface area contributed by atoms with Crippen LogP contribution in [0.5, 0.6) is 5.75 Å². The summed E-state index contributed by atoms with van der Waals surface area (Å²) in [6.07, 6.45) is 1.84. The molecule has 1 aliphatic heterocycles. The quantitative estimate of drug-likeness (QED) is 0.849. The van der Waals surface area contributed by atoms with Gasteiger partial charge in [-0.2, -0.15) is 4.31 Å². The predicted molar refractivity (Wildman–Crippen MR) is 66.0 cm³/mol. The van der Waals surface area contributed by atoms with Crippen molar-refractivity contribution in [3.63, 3.8) is 0 Å². The normalized spacial score (nSPS) is 17.3. The molecule has 0 bridgehead atoms. The average Bonchev–Trinajstić information content (AvgIpc) is 2.83. The largest absolute Gasteiger partial charge is 0.495 e. The first-order valence-corrected chi connectivity index (χ1v) is 7.21. The van der Waals surface area contributed by atoms with Gasteiger partial charge in [-0.05, 0) is 31.0 Å². The number of halogens is 1. The van der Waals surface area contributed by atoms with Gasteiger partial charge in [0.05, 0.1) is 17.0 Å². The molecule has 4 nitrogen and oxygen atoms in total. The number of methoxy groups -OCH3 is 1. The summed E-state index contributed by atoms with van der Waals surface area (Å²) in [5.74, 6) is 0.479. The van der Waals surface area contributed by atoms with Crippen LogP contribution in [0.25, 0.3) is 0 Å². The monoisotopic (exact) mass is 275 g/mol. The van der Waals surface area contributed by atoms with E-state index in [1.807, 2.05) is 0 Å². The molecule has 1 saturated heterocycles. The minimum atomic E-state index is -3.39. The third-order valence-electron chi connectivity index (χ3n) is 2.83. The van der Waals surface area contributed by atoms with Gasteiger partial charge in [-0.1, -0.05) is 11.6 Å². The van der Waals surface area contributed by atoms with Crippen molar-refractivity contribution in [1.82, 2.24) is 4.31 Å². The number of hydrogen-bond donors (Lipinski definition) is 0. The molecule has 0 unspecified atom stereocenters. The Balaban J connectivity index is 2.36. The van der Waals surface area contributed by atoms with Gasteiger partial charge in [0, 0.05) is 13.1 Å². The molecule has 2 rings (SSSR count). The van der Waals surface area contributed by atoms with E-state index in [0.717, 1.165) is 12.8 Å². The SMILES string of the molecule is COc1ccc(S(=O)(=O)N2CCCC2)cc1Cl. The zero-order valence-corrected chi connectivity index (χ0v) is 11.1. The zero-order valence-electron chi connectivity index (χ0n) is 9.52. The van der Waals surface area contributed by atoms with Crippen molar-refractivity contribution >= 4 is 21.6 Å². The molecule has 0 spiro atoms. The highest BCUT2D eigenvalue weighted by Crippen LogP contribution is 2.29. The summed E-state index contributed by atoms with van der Waals surface area (Å²) >= 11 is 5.93. The van der Waals surface area contributed by atoms with Crippen LogP contribution in [0, 0.1) is 0 Å². The summed E-state index contributed by atoms with van der Waals surface area (Å²) in [5.41, 5.74) is 0. The van der Waals surface area contributed by atoms with E-state index in [1.54, 1.807) is 6.07 Å². The standard InChI is InChI=1S/C11H14ClNO3S/c1-16-11-5-4-9(8-10(11)12)17(14,15)13-6-2-3-7-13/h4-5,8H,2-3,6-7H2,1H3. The van der Waals surface area contributed by atoms with Crippen molar-refractivity contribution in [2.45, 2.75) is 17.7 Å². The van der Waals surface area contributed by atoms with E-state index in [9.17, 15) is 8.42 Å². The van der Waals surface area contributed by atoms with Gasteiger partial charge >= 0.3 is 0 Å². The molecule has 1 heterocycles. The lowest BCUT2D eigenvalue weighted by Gasteiger charge is -2.16. The van der Waals surface area contributed by atoms with E-state index in [1.165, 1.54) is 23.5 Å². The van der Waals surface area contributed by atoms with E-state index in [2.05, 4.69) is 0 Å². The molecule has 1 aromatic carbocycles. The van der Waals surface area contributed by atoms with Crippen LogP contribution in [-0.2, 0) is 10.0 Å². The highest BCUT2D eigenvalue weighted by Gasteiger charge is 2.27. The fourth-order valence-corrected chi connectivity index (χ4v) is 3.75. The highest BCUT2D eigenvalue weighted by atomic mass is 35.5. The molecule has 0 radical (unpaired) electrons. The molecular formula is C11H14ClNO3S. The lowest BCUT2D eigenvalue weighted by atomic mass is 10.3. The van der Waals surface area contributed by atoms with Crippen molar-refractivity contribution in [3.05, 3.63) is 23.2 Å². The first-order valence-electron chi connectivity index (χ1n) is 5.39.